The van der Waals surface area contributed by atoms with Gasteiger partial charge < -0.3 is 5.32 Å². The molecular formula is C17H30N2. The molecule has 2 heteroatoms. The molecule has 108 valence electrons. The molecule has 0 spiro atoms. The molecule has 0 amide bonds. The average Bonchev–Trinajstić information content (AvgIpc) is 3.26. The van der Waals surface area contributed by atoms with Gasteiger partial charge in [-0.1, -0.05) is 6.92 Å². The first-order valence-electron chi connectivity index (χ1n) is 8.64. The molecule has 0 radical (unpaired) electrons. The van der Waals surface area contributed by atoms with Gasteiger partial charge in [0.25, 0.3) is 0 Å². The summed E-state index contributed by atoms with van der Waals surface area (Å²) in [5.41, 5.74) is 1.19. The Balaban J connectivity index is 1.46. The van der Waals surface area contributed by atoms with Crippen LogP contribution in [0, 0.1) is 17.3 Å². The number of hydrogen-bond acceptors (Lipinski definition) is 2. The summed E-state index contributed by atoms with van der Waals surface area (Å²) >= 11 is 0. The minimum absolute atomic E-state index is 0.422. The van der Waals surface area contributed by atoms with Crippen molar-refractivity contribution in [2.75, 3.05) is 19.6 Å². The Morgan fingerprint density at radius 1 is 1.11 bits per heavy atom. The summed E-state index contributed by atoms with van der Waals surface area (Å²) in [5.74, 6) is 2.07. The zero-order valence-electron chi connectivity index (χ0n) is 12.8. The fraction of sp³-hybridized carbons (Fsp3) is 1.00. The maximum absolute atomic E-state index is 3.90. The highest BCUT2D eigenvalue weighted by Gasteiger charge is 2.56. The molecule has 1 heterocycles. The van der Waals surface area contributed by atoms with Crippen LogP contribution in [0.1, 0.15) is 58.8 Å². The first-order chi connectivity index (χ1) is 9.15. The minimum atomic E-state index is 0.422. The van der Waals surface area contributed by atoms with Gasteiger partial charge in [0, 0.05) is 31.2 Å². The normalized spacial score (nSPS) is 42.3. The fourth-order valence-electron chi connectivity index (χ4n) is 4.62. The summed E-state index contributed by atoms with van der Waals surface area (Å²) in [6.45, 7) is 8.81. The molecule has 2 unspecified atom stereocenters. The highest BCUT2D eigenvalue weighted by atomic mass is 15.3. The molecule has 0 aromatic heterocycles. The van der Waals surface area contributed by atoms with Gasteiger partial charge in [-0.15, -0.1) is 0 Å². The monoisotopic (exact) mass is 262 g/mol. The number of nitrogens with zero attached hydrogens (tertiary/aromatic N) is 1. The standard InChI is InChI=1S/C17H30N2/c1-3-15-10-18-16(2,13-4-5-13)11-19(15)12-17(8-9-17)14-6-7-14/h13-15,18H,3-12H2,1-2H3. The molecule has 3 saturated carbocycles. The fourth-order valence-corrected chi connectivity index (χ4v) is 4.62. The number of rotatable bonds is 5. The lowest BCUT2D eigenvalue weighted by Gasteiger charge is -2.48. The lowest BCUT2D eigenvalue weighted by Crippen LogP contribution is -2.64. The predicted molar refractivity (Wildman–Crippen MR) is 79.2 cm³/mol. The SMILES string of the molecule is CCC1CNC(C)(C2CC2)CN1CC1(C2CC2)CC1. The Morgan fingerprint density at radius 3 is 2.32 bits per heavy atom. The van der Waals surface area contributed by atoms with Crippen molar-refractivity contribution in [3.63, 3.8) is 0 Å². The molecule has 4 aliphatic rings. The third-order valence-electron chi connectivity index (χ3n) is 6.59. The van der Waals surface area contributed by atoms with E-state index in [1.165, 1.54) is 64.6 Å². The predicted octanol–water partition coefficient (Wildman–Crippen LogP) is 3.03. The van der Waals surface area contributed by atoms with Gasteiger partial charge in [-0.25, -0.2) is 0 Å². The van der Waals surface area contributed by atoms with Gasteiger partial charge in [0.15, 0.2) is 0 Å². The maximum Gasteiger partial charge on any atom is 0.0309 e. The van der Waals surface area contributed by atoms with E-state index >= 15 is 0 Å². The highest BCUT2D eigenvalue weighted by Crippen LogP contribution is 2.62. The van der Waals surface area contributed by atoms with E-state index in [0.717, 1.165) is 23.3 Å². The van der Waals surface area contributed by atoms with Crippen molar-refractivity contribution >= 4 is 0 Å². The van der Waals surface area contributed by atoms with E-state index < -0.39 is 0 Å². The van der Waals surface area contributed by atoms with Crippen molar-refractivity contribution in [1.82, 2.24) is 10.2 Å². The topological polar surface area (TPSA) is 15.3 Å². The Morgan fingerprint density at radius 2 is 1.79 bits per heavy atom. The van der Waals surface area contributed by atoms with Crippen LogP contribution in [0.3, 0.4) is 0 Å². The summed E-state index contributed by atoms with van der Waals surface area (Å²) in [4.78, 5) is 2.89. The van der Waals surface area contributed by atoms with Crippen LogP contribution < -0.4 is 5.32 Å². The van der Waals surface area contributed by atoms with E-state index in [4.69, 9.17) is 0 Å². The van der Waals surface area contributed by atoms with Gasteiger partial charge in [0.1, 0.15) is 0 Å². The van der Waals surface area contributed by atoms with Crippen molar-refractivity contribution in [3.8, 4) is 0 Å². The molecule has 3 aliphatic carbocycles. The molecule has 0 bridgehead atoms. The van der Waals surface area contributed by atoms with Gasteiger partial charge >= 0.3 is 0 Å². The van der Waals surface area contributed by atoms with Crippen LogP contribution in [0.2, 0.25) is 0 Å². The second kappa shape index (κ2) is 4.21. The zero-order chi connectivity index (χ0) is 13.1. The van der Waals surface area contributed by atoms with Crippen LogP contribution in [-0.2, 0) is 0 Å². The third kappa shape index (κ3) is 2.25. The smallest absolute Gasteiger partial charge is 0.0309 e. The molecule has 0 aromatic rings. The molecule has 1 saturated heterocycles. The van der Waals surface area contributed by atoms with E-state index in [0.29, 0.717) is 5.54 Å². The highest BCUT2D eigenvalue weighted by molar-refractivity contribution is 5.09. The van der Waals surface area contributed by atoms with Gasteiger partial charge in [-0.05, 0) is 69.1 Å². The molecule has 2 atom stereocenters. The van der Waals surface area contributed by atoms with Crippen molar-refractivity contribution < 1.29 is 0 Å². The van der Waals surface area contributed by atoms with Crippen LogP contribution in [0.15, 0.2) is 0 Å². The third-order valence-corrected chi connectivity index (χ3v) is 6.59. The van der Waals surface area contributed by atoms with Crippen LogP contribution in [0.25, 0.3) is 0 Å². The van der Waals surface area contributed by atoms with E-state index in [9.17, 15) is 0 Å². The van der Waals surface area contributed by atoms with E-state index in [2.05, 4.69) is 24.1 Å². The minimum Gasteiger partial charge on any atom is -0.308 e. The maximum atomic E-state index is 3.90. The summed E-state index contributed by atoms with van der Waals surface area (Å²) in [6.07, 6.45) is 10.3. The van der Waals surface area contributed by atoms with Crippen LogP contribution in [0.5, 0.6) is 0 Å². The zero-order valence-corrected chi connectivity index (χ0v) is 12.8. The first kappa shape index (κ1) is 12.6. The van der Waals surface area contributed by atoms with Crippen molar-refractivity contribution in [2.45, 2.75) is 70.4 Å². The molecule has 2 nitrogen and oxygen atoms in total. The Bertz CT molecular complexity index is 352. The van der Waals surface area contributed by atoms with Crippen LogP contribution in [0.4, 0.5) is 0 Å². The van der Waals surface area contributed by atoms with Crippen molar-refractivity contribution in [3.05, 3.63) is 0 Å². The van der Waals surface area contributed by atoms with Crippen molar-refractivity contribution in [1.29, 1.82) is 0 Å². The largest absolute Gasteiger partial charge is 0.308 e. The molecule has 4 fully saturated rings. The molecule has 0 aromatic carbocycles. The van der Waals surface area contributed by atoms with Crippen molar-refractivity contribution in [2.24, 2.45) is 17.3 Å². The molecular weight excluding hydrogens is 232 g/mol. The Kier molecular flexibility index (Phi) is 2.80. The summed E-state index contributed by atoms with van der Waals surface area (Å²) in [5, 5.41) is 3.90. The van der Waals surface area contributed by atoms with Gasteiger partial charge in [0.05, 0.1) is 0 Å². The lowest BCUT2D eigenvalue weighted by atomic mass is 9.88. The molecule has 4 rings (SSSR count). The van der Waals surface area contributed by atoms with E-state index in [1.807, 2.05) is 0 Å². The second-order valence-corrected chi connectivity index (χ2v) is 8.18. The van der Waals surface area contributed by atoms with Gasteiger partial charge in [0.2, 0.25) is 0 Å². The molecule has 19 heavy (non-hydrogen) atoms. The number of hydrogen-bond donors (Lipinski definition) is 1. The number of piperazine rings is 1. The summed E-state index contributed by atoms with van der Waals surface area (Å²) in [7, 11) is 0. The Labute approximate surface area is 118 Å². The van der Waals surface area contributed by atoms with Crippen LogP contribution in [-0.4, -0.2) is 36.1 Å². The Hall–Kier alpha value is -0.0800. The molecule has 1 N–H and O–H groups in total. The second-order valence-electron chi connectivity index (χ2n) is 8.18. The van der Waals surface area contributed by atoms with Gasteiger partial charge in [-0.3, -0.25) is 4.90 Å². The summed E-state index contributed by atoms with van der Waals surface area (Å²) in [6, 6.07) is 0.794. The van der Waals surface area contributed by atoms with E-state index in [1.54, 1.807) is 0 Å². The quantitative estimate of drug-likeness (QED) is 0.819. The van der Waals surface area contributed by atoms with E-state index in [-0.39, 0.29) is 0 Å². The van der Waals surface area contributed by atoms with Gasteiger partial charge in [-0.2, -0.15) is 0 Å². The lowest BCUT2D eigenvalue weighted by molar-refractivity contribution is 0.0514. The number of nitrogens with one attached hydrogen (secondary N) is 1. The summed E-state index contributed by atoms with van der Waals surface area (Å²) < 4.78 is 0. The molecule has 1 aliphatic heterocycles. The average molecular weight is 262 g/mol. The van der Waals surface area contributed by atoms with Crippen LogP contribution >= 0.6 is 0 Å². The first-order valence-corrected chi connectivity index (χ1v) is 8.64.